The van der Waals surface area contributed by atoms with Gasteiger partial charge < -0.3 is 5.32 Å². The number of amides is 2. The molecule has 4 rings (SSSR count). The third-order valence-electron chi connectivity index (χ3n) is 4.74. The van der Waals surface area contributed by atoms with Gasteiger partial charge in [-0.05, 0) is 61.0 Å². The number of nitriles is 1. The van der Waals surface area contributed by atoms with E-state index < -0.39 is 21.8 Å². The van der Waals surface area contributed by atoms with Gasteiger partial charge in [0.15, 0.2) is 6.19 Å². The zero-order valence-corrected chi connectivity index (χ0v) is 20.3. The highest BCUT2D eigenvalue weighted by Gasteiger charge is 2.37. The van der Waals surface area contributed by atoms with Crippen LogP contribution in [0.3, 0.4) is 0 Å². The van der Waals surface area contributed by atoms with Gasteiger partial charge in [-0.2, -0.15) is 13.7 Å². The number of sulfonamides is 1. The number of fused-ring (bicyclic) bond motifs is 1. The maximum atomic E-state index is 12.8. The quantitative estimate of drug-likeness (QED) is 0.167. The fourth-order valence-electron chi connectivity index (χ4n) is 3.28. The number of carbonyl (C=O) groups is 2. The minimum Gasteiger partial charge on any atom is -0.325 e. The number of nitrogens with one attached hydrogen (secondary N) is 2. The topological polar surface area (TPSA) is 132 Å². The Hall–Kier alpha value is -3.43. The van der Waals surface area contributed by atoms with Crippen LogP contribution in [0.5, 0.6) is 0 Å². The molecular formula is C21H13Cl2N5O4S2. The first kappa shape index (κ1) is 23.7. The number of guanidine groups is 1. The van der Waals surface area contributed by atoms with E-state index in [1.54, 1.807) is 19.2 Å². The molecule has 9 nitrogen and oxygen atoms in total. The molecule has 1 aliphatic rings. The molecule has 0 bridgehead atoms. The van der Waals surface area contributed by atoms with E-state index in [1.807, 2.05) is 0 Å². The zero-order valence-electron chi connectivity index (χ0n) is 17.2. The third kappa shape index (κ3) is 4.49. The van der Waals surface area contributed by atoms with E-state index >= 15 is 0 Å². The summed E-state index contributed by atoms with van der Waals surface area (Å²) >= 11 is 12.6. The van der Waals surface area contributed by atoms with Gasteiger partial charge in [0.2, 0.25) is 5.96 Å². The number of benzene rings is 2. The van der Waals surface area contributed by atoms with Crippen LogP contribution < -0.4 is 15.5 Å². The van der Waals surface area contributed by atoms with Gasteiger partial charge in [0, 0.05) is 10.7 Å². The second kappa shape index (κ2) is 9.08. The van der Waals surface area contributed by atoms with Crippen LogP contribution in [0.25, 0.3) is 0 Å². The van der Waals surface area contributed by atoms with Crippen molar-refractivity contribution in [3.05, 3.63) is 74.6 Å². The lowest BCUT2D eigenvalue weighted by molar-refractivity contribution is 0.0926. The van der Waals surface area contributed by atoms with Crippen LogP contribution in [0.15, 0.2) is 57.1 Å². The molecule has 0 spiro atoms. The standard InChI is InChI=1S/C21H13Cl2N5O4S2/c1-11-8-13(26-21(25-10-24)27-34(31,32)18-7-6-17(23)33-18)3-5-16(11)28-19(29)14-4-2-12(22)9-15(14)20(28)30/h2-9H,1H3,(H2,25,26,27). The van der Waals surface area contributed by atoms with E-state index in [1.165, 1.54) is 42.5 Å². The summed E-state index contributed by atoms with van der Waals surface area (Å²) in [5.74, 6) is -1.32. The summed E-state index contributed by atoms with van der Waals surface area (Å²) < 4.78 is 28.8. The first-order chi connectivity index (χ1) is 16.1. The molecule has 2 aromatic carbocycles. The molecule has 0 atom stereocenters. The number of hydrogen-bond donors (Lipinski definition) is 2. The van der Waals surface area contributed by atoms with Crippen LogP contribution in [0, 0.1) is 18.4 Å². The van der Waals surface area contributed by atoms with E-state index in [9.17, 15) is 18.0 Å². The SMILES string of the molecule is Cc1cc(NC(=NS(=O)(=O)c2ccc(Cl)s2)NC#N)ccc1N1C(=O)c2ccc(Cl)cc2C1=O. The maximum Gasteiger partial charge on any atom is 0.295 e. The number of aryl methyl sites for hydroxylation is 1. The molecule has 0 radical (unpaired) electrons. The van der Waals surface area contributed by atoms with Crippen molar-refractivity contribution in [1.82, 2.24) is 5.32 Å². The number of carbonyl (C=O) groups excluding carboxylic acids is 2. The minimum absolute atomic E-state index is 0.0891. The molecular weight excluding hydrogens is 521 g/mol. The summed E-state index contributed by atoms with van der Waals surface area (Å²) in [4.78, 5) is 26.7. The van der Waals surface area contributed by atoms with Crippen LogP contribution in [0.1, 0.15) is 26.3 Å². The second-order valence-corrected chi connectivity index (χ2v) is 11.0. The van der Waals surface area contributed by atoms with Crippen molar-refractivity contribution in [2.24, 2.45) is 4.40 Å². The number of rotatable bonds is 4. The monoisotopic (exact) mass is 533 g/mol. The first-order valence-corrected chi connectivity index (χ1v) is 12.4. The fraction of sp³-hybridized carbons (Fsp3) is 0.0476. The number of nitrogens with zero attached hydrogens (tertiary/aromatic N) is 3. The molecule has 172 valence electrons. The van der Waals surface area contributed by atoms with E-state index in [0.717, 1.165) is 16.2 Å². The van der Waals surface area contributed by atoms with Gasteiger partial charge in [-0.3, -0.25) is 14.9 Å². The molecule has 13 heteroatoms. The van der Waals surface area contributed by atoms with Crippen LogP contribution >= 0.6 is 34.5 Å². The highest BCUT2D eigenvalue weighted by atomic mass is 35.5. The van der Waals surface area contributed by atoms with Gasteiger partial charge >= 0.3 is 0 Å². The number of anilines is 2. The highest BCUT2D eigenvalue weighted by Crippen LogP contribution is 2.33. The Labute approximate surface area is 208 Å². The number of hydrogen-bond acceptors (Lipinski definition) is 6. The van der Waals surface area contributed by atoms with Crippen LogP contribution in [-0.2, 0) is 10.0 Å². The normalized spacial score (nSPS) is 13.6. The Morgan fingerprint density at radius 3 is 2.44 bits per heavy atom. The van der Waals surface area contributed by atoms with Gasteiger partial charge in [0.1, 0.15) is 4.21 Å². The van der Waals surface area contributed by atoms with Gasteiger partial charge in [0.25, 0.3) is 21.8 Å². The fourth-order valence-corrected chi connectivity index (χ4v) is 5.83. The molecule has 2 N–H and O–H groups in total. The number of halogens is 2. The largest absolute Gasteiger partial charge is 0.325 e. The Bertz CT molecular complexity index is 1530. The Morgan fingerprint density at radius 1 is 1.06 bits per heavy atom. The van der Waals surface area contributed by atoms with Gasteiger partial charge in [-0.15, -0.1) is 15.7 Å². The van der Waals surface area contributed by atoms with Gasteiger partial charge in [-0.25, -0.2) is 4.90 Å². The van der Waals surface area contributed by atoms with Crippen molar-refractivity contribution >= 4 is 73.7 Å². The van der Waals surface area contributed by atoms with Crippen molar-refractivity contribution in [3.8, 4) is 6.19 Å². The molecule has 0 fully saturated rings. The molecule has 0 unspecified atom stereocenters. The molecule has 3 aromatic rings. The predicted octanol–water partition coefficient (Wildman–Crippen LogP) is 4.39. The van der Waals surface area contributed by atoms with Gasteiger partial charge in [-0.1, -0.05) is 23.2 Å². The van der Waals surface area contributed by atoms with Crippen molar-refractivity contribution in [2.45, 2.75) is 11.1 Å². The van der Waals surface area contributed by atoms with E-state index in [2.05, 4.69) is 15.0 Å². The molecule has 0 saturated carbocycles. The predicted molar refractivity (Wildman–Crippen MR) is 130 cm³/mol. The lowest BCUT2D eigenvalue weighted by Crippen LogP contribution is -2.30. The second-order valence-electron chi connectivity index (χ2n) is 6.97. The average molecular weight is 534 g/mol. The smallest absolute Gasteiger partial charge is 0.295 e. The van der Waals surface area contributed by atoms with Crippen molar-refractivity contribution in [1.29, 1.82) is 5.26 Å². The molecule has 2 heterocycles. The maximum absolute atomic E-state index is 12.8. The minimum atomic E-state index is -4.12. The molecule has 34 heavy (non-hydrogen) atoms. The lowest BCUT2D eigenvalue weighted by atomic mass is 10.1. The Kier molecular flexibility index (Phi) is 6.33. The zero-order chi connectivity index (χ0) is 24.6. The lowest BCUT2D eigenvalue weighted by Gasteiger charge is -2.18. The summed E-state index contributed by atoms with van der Waals surface area (Å²) in [7, 11) is -4.12. The van der Waals surface area contributed by atoms with Crippen LogP contribution in [0.2, 0.25) is 9.36 Å². The highest BCUT2D eigenvalue weighted by molar-refractivity contribution is 7.92. The van der Waals surface area contributed by atoms with Crippen LogP contribution in [-0.4, -0.2) is 26.2 Å². The van der Waals surface area contributed by atoms with Gasteiger partial charge in [0.05, 0.1) is 21.2 Å². The molecule has 0 saturated heterocycles. The Balaban J connectivity index is 1.62. The third-order valence-corrected chi connectivity index (χ3v) is 7.95. The van der Waals surface area contributed by atoms with E-state index in [-0.39, 0.29) is 25.6 Å². The molecule has 0 aliphatic carbocycles. The van der Waals surface area contributed by atoms with Crippen molar-refractivity contribution < 1.29 is 18.0 Å². The average Bonchev–Trinajstić information content (AvgIpc) is 3.31. The summed E-state index contributed by atoms with van der Waals surface area (Å²) in [5, 5.41) is 14.3. The van der Waals surface area contributed by atoms with E-state index in [4.69, 9.17) is 28.5 Å². The number of thiophene rings is 1. The summed E-state index contributed by atoms with van der Waals surface area (Å²) in [5.41, 5.74) is 1.71. The van der Waals surface area contributed by atoms with Crippen molar-refractivity contribution in [2.75, 3.05) is 10.2 Å². The molecule has 1 aromatic heterocycles. The van der Waals surface area contributed by atoms with Crippen LogP contribution in [0.4, 0.5) is 11.4 Å². The molecule has 2 amide bonds. The van der Waals surface area contributed by atoms with Crippen molar-refractivity contribution in [3.63, 3.8) is 0 Å². The first-order valence-electron chi connectivity index (χ1n) is 9.42. The summed E-state index contributed by atoms with van der Waals surface area (Å²) in [6.07, 6.45) is 1.63. The summed E-state index contributed by atoms with van der Waals surface area (Å²) in [6, 6.07) is 11.8. The number of imide groups is 1. The summed E-state index contributed by atoms with van der Waals surface area (Å²) in [6.45, 7) is 1.68. The molecule has 1 aliphatic heterocycles. The Morgan fingerprint density at radius 2 is 1.79 bits per heavy atom. The van der Waals surface area contributed by atoms with E-state index in [0.29, 0.717) is 22.0 Å².